The zero-order valence-electron chi connectivity index (χ0n) is 12.4. The lowest BCUT2D eigenvalue weighted by Gasteiger charge is -2.13. The fraction of sp³-hybridized carbons (Fsp3) is 0.235. The topological polar surface area (TPSA) is 49.3 Å². The molecular formula is C17H17F2NO2. The molecule has 2 aromatic carbocycles. The molecule has 0 saturated carbocycles. The smallest absolute Gasteiger partial charge is 0.251 e. The molecular weight excluding hydrogens is 288 g/mol. The van der Waals surface area contributed by atoms with E-state index in [9.17, 15) is 18.7 Å². The first-order chi connectivity index (χ1) is 10.4. The largest absolute Gasteiger partial charge is 0.387 e. The van der Waals surface area contributed by atoms with Gasteiger partial charge in [0.2, 0.25) is 0 Å². The van der Waals surface area contributed by atoms with Crippen LogP contribution in [0.5, 0.6) is 0 Å². The second-order valence-electron chi connectivity index (χ2n) is 5.20. The number of carbonyl (C=O) groups excluding carboxylic acids is 1. The Balaban J connectivity index is 2.00. The van der Waals surface area contributed by atoms with Crippen molar-refractivity contribution in [3.63, 3.8) is 0 Å². The minimum atomic E-state index is -1.11. The molecule has 22 heavy (non-hydrogen) atoms. The highest BCUT2D eigenvalue weighted by atomic mass is 19.2. The number of halogens is 2. The molecule has 116 valence electrons. The maximum absolute atomic E-state index is 13.1. The van der Waals surface area contributed by atoms with Crippen molar-refractivity contribution in [2.24, 2.45) is 0 Å². The number of hydrogen-bond donors (Lipinski definition) is 2. The average molecular weight is 305 g/mol. The highest BCUT2D eigenvalue weighted by Crippen LogP contribution is 2.16. The Labute approximate surface area is 127 Å². The van der Waals surface area contributed by atoms with E-state index < -0.39 is 17.7 Å². The van der Waals surface area contributed by atoms with Crippen molar-refractivity contribution in [3.8, 4) is 0 Å². The first-order valence-electron chi connectivity index (χ1n) is 6.87. The Bertz CT molecular complexity index is 701. The fourth-order valence-electron chi connectivity index (χ4n) is 2.01. The summed E-state index contributed by atoms with van der Waals surface area (Å²) in [5.41, 5.74) is 2.77. The van der Waals surface area contributed by atoms with Crippen LogP contribution in [0.1, 0.15) is 33.2 Å². The Morgan fingerprint density at radius 1 is 1.09 bits per heavy atom. The van der Waals surface area contributed by atoms with Gasteiger partial charge < -0.3 is 10.4 Å². The van der Waals surface area contributed by atoms with E-state index in [4.69, 9.17) is 0 Å². The molecule has 0 aromatic heterocycles. The number of rotatable bonds is 4. The summed E-state index contributed by atoms with van der Waals surface area (Å²) in [6, 6.07) is 8.44. The van der Waals surface area contributed by atoms with Crippen LogP contribution in [0.15, 0.2) is 36.4 Å². The van der Waals surface area contributed by atoms with Crippen molar-refractivity contribution >= 4 is 5.91 Å². The molecule has 0 saturated heterocycles. The minimum absolute atomic E-state index is 0.0865. The van der Waals surface area contributed by atoms with Crippen LogP contribution >= 0.6 is 0 Å². The van der Waals surface area contributed by atoms with Gasteiger partial charge in [0.15, 0.2) is 11.6 Å². The van der Waals surface area contributed by atoms with Crippen LogP contribution in [0, 0.1) is 25.5 Å². The van der Waals surface area contributed by atoms with E-state index in [1.165, 1.54) is 6.07 Å². The molecule has 2 aromatic rings. The Morgan fingerprint density at radius 2 is 1.82 bits per heavy atom. The number of hydrogen-bond acceptors (Lipinski definition) is 2. The predicted octanol–water partition coefficient (Wildman–Crippen LogP) is 3.05. The Morgan fingerprint density at radius 3 is 2.45 bits per heavy atom. The summed E-state index contributed by atoms with van der Waals surface area (Å²) in [5.74, 6) is -2.34. The molecule has 0 heterocycles. The van der Waals surface area contributed by atoms with Crippen LogP contribution in [0.2, 0.25) is 0 Å². The molecule has 0 bridgehead atoms. The lowest BCUT2D eigenvalue weighted by molar-refractivity contribution is 0.0916. The Hall–Kier alpha value is -2.27. The van der Waals surface area contributed by atoms with Gasteiger partial charge in [-0.15, -0.1) is 0 Å². The van der Waals surface area contributed by atoms with Gasteiger partial charge in [0.1, 0.15) is 0 Å². The molecule has 2 N–H and O–H groups in total. The van der Waals surface area contributed by atoms with Gasteiger partial charge in [-0.25, -0.2) is 8.78 Å². The molecule has 0 aliphatic rings. The second-order valence-corrected chi connectivity index (χ2v) is 5.20. The predicted molar refractivity (Wildman–Crippen MR) is 79.6 cm³/mol. The number of aryl methyl sites for hydroxylation is 2. The lowest BCUT2D eigenvalue weighted by atomic mass is 10.1. The highest BCUT2D eigenvalue weighted by molar-refractivity contribution is 5.94. The van der Waals surface area contributed by atoms with Crippen molar-refractivity contribution in [1.82, 2.24) is 5.32 Å². The van der Waals surface area contributed by atoms with E-state index in [2.05, 4.69) is 5.32 Å². The molecule has 1 amide bonds. The summed E-state index contributed by atoms with van der Waals surface area (Å²) < 4.78 is 26.0. The minimum Gasteiger partial charge on any atom is -0.387 e. The van der Waals surface area contributed by atoms with E-state index in [1.807, 2.05) is 19.9 Å². The summed E-state index contributed by atoms with van der Waals surface area (Å²) in [7, 11) is 0. The summed E-state index contributed by atoms with van der Waals surface area (Å²) in [5, 5.41) is 12.5. The van der Waals surface area contributed by atoms with E-state index in [0.717, 1.165) is 23.3 Å². The van der Waals surface area contributed by atoms with Gasteiger partial charge in [-0.3, -0.25) is 4.79 Å². The third kappa shape index (κ3) is 3.68. The molecule has 0 radical (unpaired) electrons. The van der Waals surface area contributed by atoms with Gasteiger partial charge in [0.05, 0.1) is 6.10 Å². The molecule has 1 unspecified atom stereocenters. The van der Waals surface area contributed by atoms with Gasteiger partial charge in [-0.2, -0.15) is 0 Å². The van der Waals surface area contributed by atoms with Crippen LogP contribution in [0.4, 0.5) is 8.78 Å². The molecule has 1 atom stereocenters. The molecule has 0 aliphatic heterocycles. The summed E-state index contributed by atoms with van der Waals surface area (Å²) in [4.78, 5) is 12.0. The third-order valence-corrected chi connectivity index (χ3v) is 3.55. The SMILES string of the molecule is Cc1ccc(C(=O)NCC(O)c2ccc(F)c(F)c2)cc1C. The summed E-state index contributed by atoms with van der Waals surface area (Å²) in [6.07, 6.45) is -1.11. The van der Waals surface area contributed by atoms with Crippen LogP contribution < -0.4 is 5.32 Å². The molecule has 3 nitrogen and oxygen atoms in total. The number of benzene rings is 2. The van der Waals surface area contributed by atoms with E-state index in [0.29, 0.717) is 5.56 Å². The van der Waals surface area contributed by atoms with Crippen molar-refractivity contribution in [3.05, 3.63) is 70.3 Å². The number of aliphatic hydroxyl groups is 1. The number of carbonyl (C=O) groups is 1. The maximum Gasteiger partial charge on any atom is 0.251 e. The third-order valence-electron chi connectivity index (χ3n) is 3.55. The molecule has 0 spiro atoms. The quantitative estimate of drug-likeness (QED) is 0.912. The van der Waals surface area contributed by atoms with E-state index in [1.54, 1.807) is 12.1 Å². The highest BCUT2D eigenvalue weighted by Gasteiger charge is 2.13. The van der Waals surface area contributed by atoms with E-state index in [-0.39, 0.29) is 18.0 Å². The average Bonchev–Trinajstić information content (AvgIpc) is 2.50. The van der Waals surface area contributed by atoms with Crippen LogP contribution in [-0.4, -0.2) is 17.6 Å². The van der Waals surface area contributed by atoms with Gasteiger partial charge >= 0.3 is 0 Å². The standard InChI is InChI=1S/C17H17F2NO2/c1-10-3-4-13(7-11(10)2)17(22)20-9-16(21)12-5-6-14(18)15(19)8-12/h3-8,16,21H,9H2,1-2H3,(H,20,22). The van der Waals surface area contributed by atoms with E-state index >= 15 is 0 Å². The normalized spacial score (nSPS) is 12.0. The fourth-order valence-corrected chi connectivity index (χ4v) is 2.01. The van der Waals surface area contributed by atoms with Crippen LogP contribution in [-0.2, 0) is 0 Å². The molecule has 0 fully saturated rings. The summed E-state index contributed by atoms with van der Waals surface area (Å²) in [6.45, 7) is 3.77. The first kappa shape index (κ1) is 16.1. The number of nitrogens with one attached hydrogen (secondary N) is 1. The monoisotopic (exact) mass is 305 g/mol. The lowest BCUT2D eigenvalue weighted by Crippen LogP contribution is -2.28. The van der Waals surface area contributed by atoms with Crippen LogP contribution in [0.3, 0.4) is 0 Å². The van der Waals surface area contributed by atoms with Crippen molar-refractivity contribution in [2.45, 2.75) is 20.0 Å². The molecule has 0 aliphatic carbocycles. The zero-order chi connectivity index (χ0) is 16.3. The van der Waals surface area contributed by atoms with Crippen molar-refractivity contribution in [1.29, 1.82) is 0 Å². The maximum atomic E-state index is 13.1. The molecule has 5 heteroatoms. The van der Waals surface area contributed by atoms with Gasteiger partial charge in [0.25, 0.3) is 5.91 Å². The van der Waals surface area contributed by atoms with Crippen molar-refractivity contribution < 1.29 is 18.7 Å². The first-order valence-corrected chi connectivity index (χ1v) is 6.87. The second kappa shape index (κ2) is 6.66. The zero-order valence-corrected chi connectivity index (χ0v) is 12.4. The van der Waals surface area contributed by atoms with Gasteiger partial charge in [-0.05, 0) is 54.8 Å². The van der Waals surface area contributed by atoms with Gasteiger partial charge in [0, 0.05) is 12.1 Å². The van der Waals surface area contributed by atoms with Crippen LogP contribution in [0.25, 0.3) is 0 Å². The Kier molecular flexibility index (Phi) is 4.88. The molecule has 2 rings (SSSR count). The van der Waals surface area contributed by atoms with Gasteiger partial charge in [-0.1, -0.05) is 12.1 Å². The number of aliphatic hydroxyl groups excluding tert-OH is 1. The van der Waals surface area contributed by atoms with Crippen molar-refractivity contribution in [2.75, 3.05) is 6.54 Å². The number of amides is 1. The summed E-state index contributed by atoms with van der Waals surface area (Å²) >= 11 is 0.